The summed E-state index contributed by atoms with van der Waals surface area (Å²) in [6.07, 6.45) is 4.30. The second kappa shape index (κ2) is 9.53. The van der Waals surface area contributed by atoms with Gasteiger partial charge in [0, 0.05) is 29.2 Å². The number of aryl methyl sites for hydroxylation is 1. The lowest BCUT2D eigenvalue weighted by molar-refractivity contribution is 0.0839. The quantitative estimate of drug-likeness (QED) is 0.557. The van der Waals surface area contributed by atoms with Crippen LogP contribution in [-0.2, 0) is 6.42 Å². The van der Waals surface area contributed by atoms with Crippen LogP contribution in [0, 0.1) is 11.7 Å². The number of carbonyl (C=O) groups excluding carboxylic acids is 1. The zero-order chi connectivity index (χ0) is 22.7. The van der Waals surface area contributed by atoms with Crippen LogP contribution in [0.2, 0.25) is 0 Å². The Morgan fingerprint density at radius 3 is 2.62 bits per heavy atom. The van der Waals surface area contributed by atoms with E-state index in [0.29, 0.717) is 28.9 Å². The van der Waals surface area contributed by atoms with Crippen LogP contribution in [0.25, 0.3) is 11.0 Å². The van der Waals surface area contributed by atoms with Crippen LogP contribution in [0.1, 0.15) is 35.2 Å². The van der Waals surface area contributed by atoms with Crippen molar-refractivity contribution < 1.29 is 23.4 Å². The summed E-state index contributed by atoms with van der Waals surface area (Å²) in [7, 11) is 1.48. The fourth-order valence-electron chi connectivity index (χ4n) is 4.30. The summed E-state index contributed by atoms with van der Waals surface area (Å²) in [5, 5.41) is 10.4. The molecule has 0 atom stereocenters. The third-order valence-electron chi connectivity index (χ3n) is 6.15. The van der Waals surface area contributed by atoms with Crippen molar-refractivity contribution in [3.8, 4) is 11.5 Å². The average Bonchev–Trinajstić information content (AvgIpc) is 2.80. The Morgan fingerprint density at radius 2 is 1.94 bits per heavy atom. The Hall–Kier alpha value is -3.19. The van der Waals surface area contributed by atoms with Crippen molar-refractivity contribution in [3.05, 3.63) is 69.8 Å². The van der Waals surface area contributed by atoms with Gasteiger partial charge in [0.25, 0.3) is 0 Å². The van der Waals surface area contributed by atoms with Crippen LogP contribution in [0.3, 0.4) is 0 Å². The molecule has 0 radical (unpaired) electrons. The summed E-state index contributed by atoms with van der Waals surface area (Å²) in [6, 6.07) is 8.72. The minimum Gasteiger partial charge on any atom is -0.507 e. The summed E-state index contributed by atoms with van der Waals surface area (Å²) >= 11 is 0. The minimum absolute atomic E-state index is 0.0378. The molecule has 0 spiro atoms. The molecular formula is C25H26FNO5. The number of hydrogen-bond donors (Lipinski definition) is 1. The molecule has 1 aliphatic rings. The number of benzene rings is 2. The van der Waals surface area contributed by atoms with Crippen LogP contribution in [-0.4, -0.2) is 42.5 Å². The highest BCUT2D eigenvalue weighted by Crippen LogP contribution is 2.28. The maximum absolute atomic E-state index is 13.1. The van der Waals surface area contributed by atoms with E-state index < -0.39 is 0 Å². The van der Waals surface area contributed by atoms with Crippen LogP contribution >= 0.6 is 0 Å². The molecule has 0 bridgehead atoms. The van der Waals surface area contributed by atoms with Gasteiger partial charge in [-0.05, 0) is 69.6 Å². The number of ketones is 1. The summed E-state index contributed by atoms with van der Waals surface area (Å²) in [6.45, 7) is 2.43. The Morgan fingerprint density at radius 1 is 1.22 bits per heavy atom. The van der Waals surface area contributed by atoms with Crippen molar-refractivity contribution in [3.63, 3.8) is 0 Å². The normalized spacial score (nSPS) is 15.2. The molecule has 0 aliphatic carbocycles. The van der Waals surface area contributed by atoms with Gasteiger partial charge in [0.2, 0.25) is 0 Å². The van der Waals surface area contributed by atoms with Crippen molar-refractivity contribution >= 4 is 16.8 Å². The van der Waals surface area contributed by atoms with E-state index in [4.69, 9.17) is 9.15 Å². The lowest BCUT2D eigenvalue weighted by Gasteiger charge is -2.31. The van der Waals surface area contributed by atoms with Crippen LogP contribution in [0.4, 0.5) is 4.39 Å². The Kier molecular flexibility index (Phi) is 6.55. The molecule has 4 rings (SSSR count). The number of likely N-dealkylation sites (tertiary alicyclic amines) is 1. The number of ether oxygens (including phenoxy) is 1. The number of hydrogen-bond acceptors (Lipinski definition) is 6. The first kappa shape index (κ1) is 22.0. The highest BCUT2D eigenvalue weighted by molar-refractivity contribution is 5.97. The molecule has 168 valence electrons. The van der Waals surface area contributed by atoms with Gasteiger partial charge < -0.3 is 19.2 Å². The number of halogens is 1. The number of Topliss-reactive ketones (excluding diaryl/α,β-unsaturated/α-hetero) is 1. The van der Waals surface area contributed by atoms with Crippen molar-refractivity contribution in [2.24, 2.45) is 5.92 Å². The van der Waals surface area contributed by atoms with E-state index in [9.17, 15) is 19.1 Å². The van der Waals surface area contributed by atoms with Gasteiger partial charge in [-0.25, -0.2) is 4.39 Å². The largest absolute Gasteiger partial charge is 0.507 e. The van der Waals surface area contributed by atoms with E-state index in [1.165, 1.54) is 31.6 Å². The third kappa shape index (κ3) is 4.67. The van der Waals surface area contributed by atoms with E-state index >= 15 is 0 Å². The zero-order valence-electron chi connectivity index (χ0n) is 18.0. The second-order valence-corrected chi connectivity index (χ2v) is 8.20. The fraction of sp³-hybridized carbons (Fsp3) is 0.360. The molecule has 32 heavy (non-hydrogen) atoms. The molecule has 2 aromatic carbocycles. The Bertz CT molecular complexity index is 1160. The zero-order valence-corrected chi connectivity index (χ0v) is 18.0. The molecule has 0 saturated carbocycles. The molecule has 6 nitrogen and oxygen atoms in total. The second-order valence-electron chi connectivity index (χ2n) is 8.20. The lowest BCUT2D eigenvalue weighted by Crippen LogP contribution is -2.37. The van der Waals surface area contributed by atoms with E-state index in [1.54, 1.807) is 18.2 Å². The van der Waals surface area contributed by atoms with Crippen LogP contribution in [0.15, 0.2) is 51.9 Å². The minimum atomic E-state index is -0.341. The Balaban J connectivity index is 1.31. The number of phenols is 1. The number of rotatable bonds is 7. The van der Waals surface area contributed by atoms with E-state index in [2.05, 4.69) is 4.90 Å². The fourth-order valence-corrected chi connectivity index (χ4v) is 4.30. The molecule has 1 aliphatic heterocycles. The molecule has 7 heteroatoms. The molecular weight excluding hydrogens is 413 g/mol. The van der Waals surface area contributed by atoms with E-state index in [0.717, 1.165) is 38.9 Å². The van der Waals surface area contributed by atoms with Crippen molar-refractivity contribution in [2.75, 3.05) is 26.7 Å². The molecule has 1 N–H and O–H groups in total. The van der Waals surface area contributed by atoms with Crippen molar-refractivity contribution in [2.45, 2.75) is 25.7 Å². The van der Waals surface area contributed by atoms with Gasteiger partial charge in [-0.2, -0.15) is 0 Å². The molecule has 1 saturated heterocycles. The molecule has 1 fully saturated rings. The third-order valence-corrected chi connectivity index (χ3v) is 6.15. The number of carbonyl (C=O) groups is 1. The first-order valence-electron chi connectivity index (χ1n) is 10.8. The van der Waals surface area contributed by atoms with E-state index in [1.807, 2.05) is 0 Å². The maximum atomic E-state index is 13.1. The highest BCUT2D eigenvalue weighted by Gasteiger charge is 2.25. The number of methoxy groups -OCH3 is 1. The summed E-state index contributed by atoms with van der Waals surface area (Å²) in [5.74, 6) is -0.0270. The summed E-state index contributed by atoms with van der Waals surface area (Å²) in [5.41, 5.74) is 1.16. The lowest BCUT2D eigenvalue weighted by atomic mass is 9.89. The summed E-state index contributed by atoms with van der Waals surface area (Å²) < 4.78 is 23.7. The SMILES string of the molecule is COc1cc(O)c2c(=O)c(CCCN3CCC(C(=O)c4ccc(F)cc4)CC3)coc2c1. The van der Waals surface area contributed by atoms with Crippen LogP contribution < -0.4 is 10.2 Å². The van der Waals surface area contributed by atoms with Gasteiger partial charge in [0.15, 0.2) is 11.2 Å². The number of fused-ring (bicyclic) bond motifs is 1. The molecule has 0 unspecified atom stereocenters. The smallest absolute Gasteiger partial charge is 0.199 e. The standard InChI is InChI=1S/C25H26FNO5/c1-31-20-13-21(28)23-22(14-20)32-15-18(25(23)30)3-2-10-27-11-8-17(9-12-27)24(29)16-4-6-19(26)7-5-16/h4-7,13-15,17,28H,2-3,8-12H2,1H3. The average molecular weight is 439 g/mol. The summed E-state index contributed by atoms with van der Waals surface area (Å²) in [4.78, 5) is 27.7. The number of phenolic OH excluding ortho intramolecular Hbond substituents is 1. The van der Waals surface area contributed by atoms with Gasteiger partial charge in [0.05, 0.1) is 13.4 Å². The number of nitrogens with zero attached hydrogens (tertiary/aromatic N) is 1. The molecule has 3 aromatic rings. The topological polar surface area (TPSA) is 80.0 Å². The number of aromatic hydroxyl groups is 1. The number of piperidine rings is 1. The van der Waals surface area contributed by atoms with Gasteiger partial charge in [-0.1, -0.05) is 0 Å². The highest BCUT2D eigenvalue weighted by atomic mass is 19.1. The predicted octanol–water partition coefficient (Wildman–Crippen LogP) is 4.17. The van der Waals surface area contributed by atoms with E-state index in [-0.39, 0.29) is 34.1 Å². The Labute approximate surface area is 185 Å². The molecule has 1 aromatic heterocycles. The molecule has 2 heterocycles. The predicted molar refractivity (Wildman–Crippen MR) is 119 cm³/mol. The van der Waals surface area contributed by atoms with Gasteiger partial charge >= 0.3 is 0 Å². The monoisotopic (exact) mass is 439 g/mol. The van der Waals surface area contributed by atoms with Crippen LogP contribution in [0.5, 0.6) is 11.5 Å². The molecule has 0 amide bonds. The maximum Gasteiger partial charge on any atom is 0.199 e. The van der Waals surface area contributed by atoms with Gasteiger partial charge in [0.1, 0.15) is 28.3 Å². The van der Waals surface area contributed by atoms with Crippen molar-refractivity contribution in [1.29, 1.82) is 0 Å². The first-order chi connectivity index (χ1) is 15.5. The van der Waals surface area contributed by atoms with Crippen molar-refractivity contribution in [1.82, 2.24) is 4.90 Å². The van der Waals surface area contributed by atoms with Gasteiger partial charge in [-0.15, -0.1) is 0 Å². The van der Waals surface area contributed by atoms with Gasteiger partial charge in [-0.3, -0.25) is 9.59 Å². The first-order valence-corrected chi connectivity index (χ1v) is 10.8.